The zero-order valence-corrected chi connectivity index (χ0v) is 17.3. The lowest BCUT2D eigenvalue weighted by molar-refractivity contribution is -0.120. The number of aryl methyl sites for hydroxylation is 2. The van der Waals surface area contributed by atoms with Crippen LogP contribution < -0.4 is 10.1 Å². The molecule has 0 radical (unpaired) electrons. The Balaban J connectivity index is 1.72. The van der Waals surface area contributed by atoms with Crippen LogP contribution in [0.25, 0.3) is 0 Å². The molecule has 2 aromatic carbocycles. The van der Waals surface area contributed by atoms with Gasteiger partial charge in [0.25, 0.3) is 0 Å². The maximum Gasteiger partial charge on any atom is 0.243 e. The van der Waals surface area contributed by atoms with Crippen LogP contribution in [0.5, 0.6) is 5.75 Å². The van der Waals surface area contributed by atoms with Crippen molar-refractivity contribution >= 4 is 21.6 Å². The molecule has 1 aliphatic heterocycles. The van der Waals surface area contributed by atoms with Gasteiger partial charge in [-0.2, -0.15) is 4.31 Å². The molecule has 1 amide bonds. The van der Waals surface area contributed by atoms with Gasteiger partial charge >= 0.3 is 0 Å². The van der Waals surface area contributed by atoms with Gasteiger partial charge in [-0.05, 0) is 74.2 Å². The standard InChI is InChI=1S/C21H26N2O4S/c1-15-11-16(2)13-18(12-15)22-21(24)17-5-4-10-23(14-17)28(25,26)20-8-6-19(27-3)7-9-20/h6-9,11-13,17H,4-5,10,14H2,1-3H3,(H,22,24)/t17-/m0/s1. The summed E-state index contributed by atoms with van der Waals surface area (Å²) < 4.78 is 32.4. The van der Waals surface area contributed by atoms with E-state index >= 15 is 0 Å². The lowest BCUT2D eigenvalue weighted by Crippen LogP contribution is -2.43. The molecule has 0 spiro atoms. The molecule has 150 valence electrons. The summed E-state index contributed by atoms with van der Waals surface area (Å²) in [6, 6.07) is 12.2. The van der Waals surface area contributed by atoms with Gasteiger partial charge in [0.1, 0.15) is 5.75 Å². The van der Waals surface area contributed by atoms with E-state index in [0.29, 0.717) is 25.1 Å². The number of sulfonamides is 1. The van der Waals surface area contributed by atoms with Crippen LogP contribution in [0, 0.1) is 19.8 Å². The normalized spacial score (nSPS) is 17.9. The molecular weight excluding hydrogens is 376 g/mol. The third kappa shape index (κ3) is 4.54. The highest BCUT2D eigenvalue weighted by atomic mass is 32.2. The minimum absolute atomic E-state index is 0.139. The molecule has 0 bridgehead atoms. The van der Waals surface area contributed by atoms with Crippen LogP contribution in [-0.4, -0.2) is 38.8 Å². The Labute approximate surface area is 166 Å². The Morgan fingerprint density at radius 3 is 2.36 bits per heavy atom. The highest BCUT2D eigenvalue weighted by Gasteiger charge is 2.33. The van der Waals surface area contributed by atoms with E-state index in [-0.39, 0.29) is 23.3 Å². The highest BCUT2D eigenvalue weighted by molar-refractivity contribution is 7.89. The number of piperidine rings is 1. The summed E-state index contributed by atoms with van der Waals surface area (Å²) >= 11 is 0. The summed E-state index contributed by atoms with van der Waals surface area (Å²) in [5.74, 6) is 0.0884. The van der Waals surface area contributed by atoms with Crippen molar-refractivity contribution in [3.63, 3.8) is 0 Å². The van der Waals surface area contributed by atoms with Gasteiger partial charge in [0, 0.05) is 18.8 Å². The largest absolute Gasteiger partial charge is 0.497 e. The molecule has 2 aromatic rings. The van der Waals surface area contributed by atoms with Crippen molar-refractivity contribution in [3.8, 4) is 5.75 Å². The van der Waals surface area contributed by atoms with E-state index in [2.05, 4.69) is 5.32 Å². The minimum atomic E-state index is -3.64. The van der Waals surface area contributed by atoms with Gasteiger partial charge in [0.05, 0.1) is 17.9 Å². The average Bonchev–Trinajstić information content (AvgIpc) is 2.67. The van der Waals surface area contributed by atoms with Gasteiger partial charge in [-0.3, -0.25) is 4.79 Å². The number of nitrogens with one attached hydrogen (secondary N) is 1. The molecule has 7 heteroatoms. The second-order valence-electron chi connectivity index (χ2n) is 7.24. The van der Waals surface area contributed by atoms with Crippen LogP contribution in [0.15, 0.2) is 47.4 Å². The van der Waals surface area contributed by atoms with Crippen molar-refractivity contribution in [1.29, 1.82) is 0 Å². The van der Waals surface area contributed by atoms with Crippen LogP contribution in [0.2, 0.25) is 0 Å². The van der Waals surface area contributed by atoms with Crippen LogP contribution >= 0.6 is 0 Å². The Morgan fingerprint density at radius 2 is 1.75 bits per heavy atom. The molecule has 0 unspecified atom stereocenters. The van der Waals surface area contributed by atoms with Crippen molar-refractivity contribution < 1.29 is 17.9 Å². The topological polar surface area (TPSA) is 75.7 Å². The van der Waals surface area contributed by atoms with Crippen molar-refractivity contribution in [3.05, 3.63) is 53.6 Å². The fourth-order valence-corrected chi connectivity index (χ4v) is 5.09. The first-order valence-electron chi connectivity index (χ1n) is 9.33. The Bertz CT molecular complexity index is 935. The second-order valence-corrected chi connectivity index (χ2v) is 9.18. The molecule has 3 rings (SSSR count). The van der Waals surface area contributed by atoms with Crippen molar-refractivity contribution in [1.82, 2.24) is 4.31 Å². The first kappa shape index (κ1) is 20.4. The number of hydrogen-bond acceptors (Lipinski definition) is 4. The van der Waals surface area contributed by atoms with Crippen LogP contribution in [-0.2, 0) is 14.8 Å². The van der Waals surface area contributed by atoms with Crippen LogP contribution in [0.4, 0.5) is 5.69 Å². The number of anilines is 1. The van der Waals surface area contributed by atoms with Gasteiger partial charge < -0.3 is 10.1 Å². The maximum absolute atomic E-state index is 13.0. The van der Waals surface area contributed by atoms with Crippen LogP contribution in [0.3, 0.4) is 0 Å². The van der Waals surface area contributed by atoms with Crippen LogP contribution in [0.1, 0.15) is 24.0 Å². The summed E-state index contributed by atoms with van der Waals surface area (Å²) in [6.07, 6.45) is 1.32. The number of hydrogen-bond donors (Lipinski definition) is 1. The molecule has 6 nitrogen and oxygen atoms in total. The number of carbonyl (C=O) groups excluding carboxylic acids is 1. The summed E-state index contributed by atoms with van der Waals surface area (Å²) in [5.41, 5.74) is 2.89. The van der Waals surface area contributed by atoms with Gasteiger partial charge in [-0.25, -0.2) is 8.42 Å². The SMILES string of the molecule is COc1ccc(S(=O)(=O)N2CCC[C@H](C(=O)Nc3cc(C)cc(C)c3)C2)cc1. The van der Waals surface area contributed by atoms with Crippen molar-refractivity contribution in [2.45, 2.75) is 31.6 Å². The molecule has 28 heavy (non-hydrogen) atoms. The minimum Gasteiger partial charge on any atom is -0.497 e. The number of rotatable bonds is 5. The third-order valence-corrected chi connectivity index (χ3v) is 6.82. The first-order valence-corrected chi connectivity index (χ1v) is 10.8. The zero-order chi connectivity index (χ0) is 20.3. The molecule has 1 aliphatic rings. The second kappa shape index (κ2) is 8.32. The predicted octanol–water partition coefficient (Wildman–Crippen LogP) is 3.35. The summed E-state index contributed by atoms with van der Waals surface area (Å²) in [7, 11) is -2.11. The molecule has 1 atom stereocenters. The Hall–Kier alpha value is -2.38. The number of methoxy groups -OCH3 is 1. The van der Waals surface area contributed by atoms with E-state index in [0.717, 1.165) is 16.8 Å². The molecule has 0 aromatic heterocycles. The van der Waals surface area contributed by atoms with Gasteiger partial charge in [0.2, 0.25) is 15.9 Å². The van der Waals surface area contributed by atoms with Gasteiger partial charge in [0.15, 0.2) is 0 Å². The third-order valence-electron chi connectivity index (χ3n) is 4.94. The number of ether oxygens (including phenoxy) is 1. The first-order chi connectivity index (χ1) is 13.3. The van der Waals surface area contributed by atoms with E-state index in [1.807, 2.05) is 32.0 Å². The molecule has 0 saturated carbocycles. The van der Waals surface area contributed by atoms with E-state index in [1.54, 1.807) is 12.1 Å². The fourth-order valence-electron chi connectivity index (χ4n) is 3.56. The quantitative estimate of drug-likeness (QED) is 0.832. The maximum atomic E-state index is 13.0. The lowest BCUT2D eigenvalue weighted by atomic mass is 9.98. The fraction of sp³-hybridized carbons (Fsp3) is 0.381. The number of amides is 1. The van der Waals surface area contributed by atoms with E-state index < -0.39 is 10.0 Å². The molecule has 1 fully saturated rings. The number of benzene rings is 2. The van der Waals surface area contributed by atoms with Crippen molar-refractivity contribution in [2.75, 3.05) is 25.5 Å². The molecular formula is C21H26N2O4S. The van der Waals surface area contributed by atoms with E-state index in [4.69, 9.17) is 4.74 Å². The summed E-state index contributed by atoms with van der Waals surface area (Å²) in [4.78, 5) is 12.9. The molecule has 1 heterocycles. The molecule has 0 aliphatic carbocycles. The summed E-state index contributed by atoms with van der Waals surface area (Å²) in [5, 5.41) is 2.94. The Morgan fingerprint density at radius 1 is 1.11 bits per heavy atom. The Kier molecular flexibility index (Phi) is 6.05. The lowest BCUT2D eigenvalue weighted by Gasteiger charge is -2.31. The predicted molar refractivity (Wildman–Crippen MR) is 109 cm³/mol. The van der Waals surface area contributed by atoms with Gasteiger partial charge in [-0.1, -0.05) is 6.07 Å². The monoisotopic (exact) mass is 402 g/mol. The summed E-state index contributed by atoms with van der Waals surface area (Å²) in [6.45, 7) is 4.56. The molecule has 1 N–H and O–H groups in total. The molecule has 1 saturated heterocycles. The average molecular weight is 403 g/mol. The smallest absolute Gasteiger partial charge is 0.243 e. The van der Waals surface area contributed by atoms with Crippen molar-refractivity contribution in [2.24, 2.45) is 5.92 Å². The zero-order valence-electron chi connectivity index (χ0n) is 16.4. The number of nitrogens with zero attached hydrogens (tertiary/aromatic N) is 1. The van der Waals surface area contributed by atoms with Gasteiger partial charge in [-0.15, -0.1) is 0 Å². The highest BCUT2D eigenvalue weighted by Crippen LogP contribution is 2.26. The number of carbonyl (C=O) groups is 1. The van der Waals surface area contributed by atoms with E-state index in [1.165, 1.54) is 23.5 Å². The van der Waals surface area contributed by atoms with E-state index in [9.17, 15) is 13.2 Å².